The van der Waals surface area contributed by atoms with Gasteiger partial charge >= 0.3 is 0 Å². The van der Waals surface area contributed by atoms with E-state index < -0.39 is 6.23 Å². The van der Waals surface area contributed by atoms with Crippen molar-refractivity contribution in [1.29, 1.82) is 0 Å². The van der Waals surface area contributed by atoms with E-state index in [4.69, 9.17) is 0 Å². The molecule has 0 saturated heterocycles. The van der Waals surface area contributed by atoms with E-state index in [-0.39, 0.29) is 5.91 Å². The van der Waals surface area contributed by atoms with Crippen LogP contribution in [0.1, 0.15) is 39.2 Å². The van der Waals surface area contributed by atoms with Crippen LogP contribution in [0.5, 0.6) is 0 Å². The Balaban J connectivity index is 2.05. The summed E-state index contributed by atoms with van der Waals surface area (Å²) in [4.78, 5) is 18.1. The number of nitrogens with zero attached hydrogens (tertiary/aromatic N) is 2. The summed E-state index contributed by atoms with van der Waals surface area (Å²) in [6.45, 7) is 7.81. The number of rotatable bonds is 2. The van der Waals surface area contributed by atoms with E-state index in [1.807, 2.05) is 6.07 Å². The molecular weight excluding hydrogens is 284 g/mol. The number of aromatic nitrogens is 1. The van der Waals surface area contributed by atoms with Gasteiger partial charge in [0.1, 0.15) is 0 Å². The van der Waals surface area contributed by atoms with Crippen LogP contribution in [-0.2, 0) is 4.79 Å². The average Bonchev–Trinajstić information content (AvgIpc) is 2.94. The second kappa shape index (κ2) is 4.93. The van der Waals surface area contributed by atoms with Gasteiger partial charge < -0.3 is 5.11 Å². The van der Waals surface area contributed by atoms with Crippen molar-refractivity contribution in [2.75, 3.05) is 4.90 Å². The molecule has 0 saturated carbocycles. The molecular formula is C16H18N2O2S. The Kier molecular flexibility index (Phi) is 3.34. The molecule has 0 fully saturated rings. The highest BCUT2D eigenvalue weighted by atomic mass is 32.1. The zero-order chi connectivity index (χ0) is 15.3. The van der Waals surface area contributed by atoms with Crippen molar-refractivity contribution in [3.63, 3.8) is 0 Å². The summed E-state index contributed by atoms with van der Waals surface area (Å²) < 4.78 is 1.04. The minimum Gasteiger partial charge on any atom is -0.369 e. The zero-order valence-electron chi connectivity index (χ0n) is 12.5. The van der Waals surface area contributed by atoms with Crippen molar-refractivity contribution >= 4 is 32.6 Å². The van der Waals surface area contributed by atoms with Crippen molar-refractivity contribution < 1.29 is 9.90 Å². The fourth-order valence-corrected chi connectivity index (χ4v) is 3.47. The number of anilines is 1. The predicted octanol–water partition coefficient (Wildman–Crippen LogP) is 3.42. The molecule has 1 aliphatic heterocycles. The number of hydrogen-bond donors (Lipinski definition) is 1. The summed E-state index contributed by atoms with van der Waals surface area (Å²) >= 11 is 1.44. The van der Waals surface area contributed by atoms with Crippen molar-refractivity contribution in [2.45, 2.75) is 39.8 Å². The molecule has 5 heteroatoms. The summed E-state index contributed by atoms with van der Waals surface area (Å²) in [6.07, 6.45) is -0.900. The lowest BCUT2D eigenvalue weighted by molar-refractivity contribution is -0.115. The summed E-state index contributed by atoms with van der Waals surface area (Å²) in [5, 5.41) is 10.8. The smallest absolute Gasteiger partial charge is 0.258 e. The summed E-state index contributed by atoms with van der Waals surface area (Å²) in [6, 6.07) is 6.15. The molecule has 3 rings (SSSR count). The molecule has 0 aliphatic carbocycles. The van der Waals surface area contributed by atoms with E-state index in [9.17, 15) is 9.90 Å². The van der Waals surface area contributed by atoms with E-state index in [1.165, 1.54) is 21.8 Å². The first-order valence-corrected chi connectivity index (χ1v) is 7.81. The largest absolute Gasteiger partial charge is 0.369 e. The first-order chi connectivity index (χ1) is 9.90. The molecule has 21 heavy (non-hydrogen) atoms. The average molecular weight is 302 g/mol. The third kappa shape index (κ3) is 2.17. The van der Waals surface area contributed by atoms with E-state index in [0.717, 1.165) is 10.2 Å². The first kappa shape index (κ1) is 14.2. The number of carbonyl (C=O) groups is 1. The molecule has 2 aromatic rings. The number of carbonyl (C=O) groups excluding carboxylic acids is 1. The second-order valence-corrected chi connectivity index (χ2v) is 6.74. The normalized spacial score (nSPS) is 19.4. The maximum atomic E-state index is 12.3. The van der Waals surface area contributed by atoms with Crippen molar-refractivity contribution in [3.8, 4) is 0 Å². The predicted molar refractivity (Wildman–Crippen MR) is 85.6 cm³/mol. The van der Waals surface area contributed by atoms with Gasteiger partial charge in [0.25, 0.3) is 5.91 Å². The maximum absolute atomic E-state index is 12.3. The zero-order valence-corrected chi connectivity index (χ0v) is 13.4. The van der Waals surface area contributed by atoms with Gasteiger partial charge in [0.2, 0.25) is 0 Å². The van der Waals surface area contributed by atoms with Gasteiger partial charge in [-0.25, -0.2) is 4.98 Å². The molecule has 110 valence electrons. The van der Waals surface area contributed by atoms with Gasteiger partial charge in [-0.15, -0.1) is 0 Å². The quantitative estimate of drug-likeness (QED) is 0.924. The lowest BCUT2D eigenvalue weighted by Crippen LogP contribution is -2.35. The van der Waals surface area contributed by atoms with Crippen LogP contribution in [0.15, 0.2) is 29.3 Å². The summed E-state index contributed by atoms with van der Waals surface area (Å²) in [7, 11) is 0. The molecule has 0 spiro atoms. The molecule has 1 N–H and O–H groups in total. The third-order valence-electron chi connectivity index (χ3n) is 4.04. The topological polar surface area (TPSA) is 53.4 Å². The van der Waals surface area contributed by atoms with E-state index in [0.29, 0.717) is 22.2 Å². The Bertz CT molecular complexity index is 761. The molecule has 2 heterocycles. The van der Waals surface area contributed by atoms with Crippen LogP contribution in [0, 0.1) is 0 Å². The van der Waals surface area contributed by atoms with Gasteiger partial charge in [-0.3, -0.25) is 9.69 Å². The molecule has 1 aromatic carbocycles. The molecule has 0 bridgehead atoms. The third-order valence-corrected chi connectivity index (χ3v) is 5.05. The van der Waals surface area contributed by atoms with Crippen molar-refractivity contribution in [2.24, 2.45) is 0 Å². The Labute approximate surface area is 127 Å². The van der Waals surface area contributed by atoms with Crippen LogP contribution in [0.2, 0.25) is 0 Å². The lowest BCUT2D eigenvalue weighted by atomic mass is 10.0. The monoisotopic (exact) mass is 302 g/mol. The number of thiazole rings is 1. The molecule has 0 radical (unpaired) electrons. The first-order valence-electron chi connectivity index (χ1n) is 6.99. The van der Waals surface area contributed by atoms with E-state index >= 15 is 0 Å². The number of hydrogen-bond acceptors (Lipinski definition) is 4. The Morgan fingerprint density at radius 2 is 2.05 bits per heavy atom. The van der Waals surface area contributed by atoms with Crippen LogP contribution < -0.4 is 4.90 Å². The Morgan fingerprint density at radius 3 is 2.62 bits per heavy atom. The van der Waals surface area contributed by atoms with Gasteiger partial charge in [0.05, 0.1) is 10.2 Å². The van der Waals surface area contributed by atoms with E-state index in [1.54, 1.807) is 13.8 Å². The highest BCUT2D eigenvalue weighted by Crippen LogP contribution is 2.36. The fraction of sp³-hybridized carbons (Fsp3) is 0.375. The molecule has 1 atom stereocenters. The lowest BCUT2D eigenvalue weighted by Gasteiger charge is -2.18. The van der Waals surface area contributed by atoms with Crippen LogP contribution in [0.3, 0.4) is 0 Å². The standard InChI is InChI=1S/C16H18N2O2S/c1-8(2)11-5-6-12-13(7-11)21-16(17-12)18-14(19)9(3)10(4)15(18)20/h5-8,14,19H,1-4H3. The Morgan fingerprint density at radius 1 is 1.33 bits per heavy atom. The van der Waals surface area contributed by atoms with Gasteiger partial charge in [-0.2, -0.15) is 0 Å². The van der Waals surface area contributed by atoms with E-state index in [2.05, 4.69) is 31.0 Å². The number of aliphatic hydroxyl groups is 1. The number of fused-ring (bicyclic) bond motifs is 1. The summed E-state index contributed by atoms with van der Waals surface area (Å²) in [5.41, 5.74) is 3.41. The minimum atomic E-state index is -0.900. The van der Waals surface area contributed by atoms with Gasteiger partial charge in [0, 0.05) is 5.57 Å². The van der Waals surface area contributed by atoms with Gasteiger partial charge in [-0.05, 0) is 43.0 Å². The van der Waals surface area contributed by atoms with Crippen LogP contribution >= 0.6 is 11.3 Å². The number of aliphatic hydroxyl groups excluding tert-OH is 1. The number of amides is 1. The van der Waals surface area contributed by atoms with Crippen LogP contribution in [0.25, 0.3) is 10.2 Å². The molecule has 1 unspecified atom stereocenters. The van der Waals surface area contributed by atoms with Crippen molar-refractivity contribution in [3.05, 3.63) is 34.9 Å². The van der Waals surface area contributed by atoms with Crippen molar-refractivity contribution in [1.82, 2.24) is 4.98 Å². The van der Waals surface area contributed by atoms with Gasteiger partial charge in [0.15, 0.2) is 11.4 Å². The van der Waals surface area contributed by atoms with Gasteiger partial charge in [-0.1, -0.05) is 31.3 Å². The van der Waals surface area contributed by atoms with Crippen LogP contribution in [-0.4, -0.2) is 22.2 Å². The highest BCUT2D eigenvalue weighted by Gasteiger charge is 2.36. The fourth-order valence-electron chi connectivity index (χ4n) is 2.43. The molecule has 4 nitrogen and oxygen atoms in total. The second-order valence-electron chi connectivity index (χ2n) is 5.74. The maximum Gasteiger partial charge on any atom is 0.258 e. The summed E-state index contributed by atoms with van der Waals surface area (Å²) in [5.74, 6) is 0.285. The highest BCUT2D eigenvalue weighted by molar-refractivity contribution is 7.22. The molecule has 1 aromatic heterocycles. The minimum absolute atomic E-state index is 0.164. The SMILES string of the molecule is CC1=C(C)C(O)N(c2nc3ccc(C(C)C)cc3s2)C1=O. The van der Waals surface area contributed by atoms with Crippen LogP contribution in [0.4, 0.5) is 5.13 Å². The Hall–Kier alpha value is -1.72. The molecule has 1 aliphatic rings. The molecule has 1 amide bonds. The number of benzene rings is 1.